The number of carbonyl (C=O) groups is 2. The zero-order valence-corrected chi connectivity index (χ0v) is 19.3. The van der Waals surface area contributed by atoms with Crippen LogP contribution in [0.15, 0.2) is 77.3 Å². The average molecular weight is 495 g/mol. The van der Waals surface area contributed by atoms with Gasteiger partial charge in [-0.2, -0.15) is 0 Å². The third kappa shape index (κ3) is 4.78. The number of β-lactam (4-membered cyclic amide) rings is 1. The zero-order valence-electron chi connectivity index (χ0n) is 17.7. The molecule has 4 rings (SSSR count). The number of benzene rings is 3. The molecule has 1 aliphatic heterocycles. The van der Waals surface area contributed by atoms with E-state index in [0.29, 0.717) is 18.0 Å². The van der Waals surface area contributed by atoms with Crippen LogP contribution >= 0.6 is 15.9 Å². The largest absolute Gasteiger partial charge is 0.497 e. The first-order valence-corrected chi connectivity index (χ1v) is 11.0. The Kier molecular flexibility index (Phi) is 6.46. The number of rotatable bonds is 7. The van der Waals surface area contributed by atoms with Gasteiger partial charge in [0.25, 0.3) is 5.91 Å². The number of carbonyl (C=O) groups excluding carboxylic acids is 2. The van der Waals surface area contributed by atoms with Gasteiger partial charge in [0.15, 0.2) is 0 Å². The molecule has 0 spiro atoms. The highest BCUT2D eigenvalue weighted by Crippen LogP contribution is 2.39. The van der Waals surface area contributed by atoms with E-state index in [0.717, 1.165) is 21.3 Å². The van der Waals surface area contributed by atoms with E-state index in [4.69, 9.17) is 9.47 Å². The lowest BCUT2D eigenvalue weighted by atomic mass is 9.89. The quantitative estimate of drug-likeness (QED) is 0.472. The van der Waals surface area contributed by atoms with E-state index in [-0.39, 0.29) is 17.9 Å². The molecule has 0 unspecified atom stereocenters. The van der Waals surface area contributed by atoms with Crippen LogP contribution in [-0.2, 0) is 16.1 Å². The van der Waals surface area contributed by atoms with Gasteiger partial charge >= 0.3 is 0 Å². The van der Waals surface area contributed by atoms with Crippen LogP contribution in [0.5, 0.6) is 11.5 Å². The molecule has 3 aromatic rings. The van der Waals surface area contributed by atoms with Gasteiger partial charge in [-0.1, -0.05) is 46.3 Å². The van der Waals surface area contributed by atoms with Crippen molar-refractivity contribution in [2.24, 2.45) is 0 Å². The topological polar surface area (TPSA) is 67.9 Å². The fraction of sp³-hybridized carbons (Fsp3) is 0.200. The molecule has 1 saturated heterocycles. The van der Waals surface area contributed by atoms with Gasteiger partial charge in [0, 0.05) is 23.6 Å². The minimum absolute atomic E-state index is 0.0873. The summed E-state index contributed by atoms with van der Waals surface area (Å²) in [7, 11) is 1.62. The molecule has 0 aromatic heterocycles. The number of likely N-dealkylation sites (tertiary alicyclic amines) is 1. The van der Waals surface area contributed by atoms with Crippen molar-refractivity contribution < 1.29 is 19.1 Å². The fourth-order valence-electron chi connectivity index (χ4n) is 3.80. The summed E-state index contributed by atoms with van der Waals surface area (Å²) in [4.78, 5) is 26.3. The van der Waals surface area contributed by atoms with Crippen molar-refractivity contribution >= 4 is 33.4 Å². The van der Waals surface area contributed by atoms with E-state index in [9.17, 15) is 9.59 Å². The molecule has 1 fully saturated rings. The zero-order chi connectivity index (χ0) is 22.7. The first-order chi connectivity index (χ1) is 15.4. The summed E-state index contributed by atoms with van der Waals surface area (Å²) >= 11 is 3.44. The number of halogens is 1. The van der Waals surface area contributed by atoms with E-state index in [1.165, 1.54) is 6.92 Å². The summed E-state index contributed by atoms with van der Waals surface area (Å²) in [6.07, 6.45) is -0.628. The number of methoxy groups -OCH3 is 1. The minimum Gasteiger partial charge on any atom is -0.497 e. The van der Waals surface area contributed by atoms with Gasteiger partial charge in [-0.15, -0.1) is 0 Å². The highest BCUT2D eigenvalue weighted by atomic mass is 79.9. The van der Waals surface area contributed by atoms with Crippen LogP contribution in [0.4, 0.5) is 5.69 Å². The molecule has 0 aliphatic carbocycles. The predicted molar refractivity (Wildman–Crippen MR) is 126 cm³/mol. The standard InChI is InChI=1S/C25H23BrN2O4/c1-16(29)27-20-7-3-5-17(13-20)15-28-23(18-9-11-21(31-2)12-10-18)24(25(28)30)32-22-8-4-6-19(26)14-22/h3-14,23-24H,15H2,1-2H3,(H,27,29)/t23-,24-/m0/s1. The summed E-state index contributed by atoms with van der Waals surface area (Å²) < 4.78 is 12.3. The molecule has 2 atom stereocenters. The third-order valence-electron chi connectivity index (χ3n) is 5.27. The molecule has 1 N–H and O–H groups in total. The summed E-state index contributed by atoms with van der Waals surface area (Å²) in [5.74, 6) is 1.15. The van der Waals surface area contributed by atoms with Gasteiger partial charge in [0.2, 0.25) is 12.0 Å². The predicted octanol–water partition coefficient (Wildman–Crippen LogP) is 4.95. The molecule has 32 heavy (non-hydrogen) atoms. The van der Waals surface area contributed by atoms with Gasteiger partial charge in [-0.05, 0) is 53.6 Å². The van der Waals surface area contributed by atoms with Gasteiger partial charge in [0.05, 0.1) is 7.11 Å². The molecule has 2 amide bonds. The van der Waals surface area contributed by atoms with Gasteiger partial charge in [-0.25, -0.2) is 0 Å². The van der Waals surface area contributed by atoms with Crippen LogP contribution < -0.4 is 14.8 Å². The van der Waals surface area contributed by atoms with Crippen LogP contribution in [0, 0.1) is 0 Å². The Hall–Kier alpha value is -3.32. The number of nitrogens with one attached hydrogen (secondary N) is 1. The average Bonchev–Trinajstić information content (AvgIpc) is 2.78. The molecule has 6 nitrogen and oxygen atoms in total. The second kappa shape index (κ2) is 9.44. The second-order valence-corrected chi connectivity index (χ2v) is 8.48. The Labute approximate surface area is 195 Å². The van der Waals surface area contributed by atoms with Gasteiger partial charge < -0.3 is 19.7 Å². The molecular formula is C25H23BrN2O4. The van der Waals surface area contributed by atoms with Crippen molar-refractivity contribution in [2.75, 3.05) is 12.4 Å². The third-order valence-corrected chi connectivity index (χ3v) is 5.76. The summed E-state index contributed by atoms with van der Waals surface area (Å²) in [5.41, 5.74) is 2.58. The minimum atomic E-state index is -0.628. The maximum atomic E-state index is 13.1. The summed E-state index contributed by atoms with van der Waals surface area (Å²) in [5, 5.41) is 2.78. The van der Waals surface area contributed by atoms with Crippen molar-refractivity contribution in [3.63, 3.8) is 0 Å². The van der Waals surface area contributed by atoms with E-state index in [2.05, 4.69) is 21.2 Å². The highest BCUT2D eigenvalue weighted by Gasteiger charge is 2.50. The number of amides is 2. The van der Waals surface area contributed by atoms with Crippen LogP contribution in [0.2, 0.25) is 0 Å². The van der Waals surface area contributed by atoms with Crippen molar-refractivity contribution in [1.29, 1.82) is 0 Å². The molecule has 1 heterocycles. The van der Waals surface area contributed by atoms with E-state index >= 15 is 0 Å². The smallest absolute Gasteiger partial charge is 0.267 e. The Balaban J connectivity index is 1.60. The van der Waals surface area contributed by atoms with Crippen LogP contribution in [-0.4, -0.2) is 29.9 Å². The second-order valence-electron chi connectivity index (χ2n) is 7.56. The monoisotopic (exact) mass is 494 g/mol. The van der Waals surface area contributed by atoms with E-state index < -0.39 is 6.10 Å². The Bertz CT molecular complexity index is 1130. The molecule has 3 aromatic carbocycles. The van der Waals surface area contributed by atoms with Crippen molar-refractivity contribution in [3.8, 4) is 11.5 Å². The number of nitrogens with zero attached hydrogens (tertiary/aromatic N) is 1. The molecule has 0 radical (unpaired) electrons. The molecule has 7 heteroatoms. The lowest BCUT2D eigenvalue weighted by Crippen LogP contribution is -2.60. The molecule has 0 saturated carbocycles. The van der Waals surface area contributed by atoms with Crippen molar-refractivity contribution in [3.05, 3.63) is 88.4 Å². The maximum Gasteiger partial charge on any atom is 0.267 e. The van der Waals surface area contributed by atoms with Crippen LogP contribution in [0.3, 0.4) is 0 Å². The number of anilines is 1. The Morgan fingerprint density at radius 3 is 2.47 bits per heavy atom. The first kappa shape index (κ1) is 21.9. The van der Waals surface area contributed by atoms with Crippen molar-refractivity contribution in [2.45, 2.75) is 25.6 Å². The summed E-state index contributed by atoms with van der Waals surface area (Å²) in [6, 6.07) is 22.4. The van der Waals surface area contributed by atoms with Gasteiger partial charge in [-0.3, -0.25) is 9.59 Å². The molecular weight excluding hydrogens is 472 g/mol. The lowest BCUT2D eigenvalue weighted by molar-refractivity contribution is -0.165. The maximum absolute atomic E-state index is 13.1. The first-order valence-electron chi connectivity index (χ1n) is 10.2. The molecule has 0 bridgehead atoms. The SMILES string of the molecule is COc1ccc([C@H]2[C@H](Oc3cccc(Br)c3)C(=O)N2Cc2cccc(NC(C)=O)c2)cc1. The van der Waals surface area contributed by atoms with Crippen LogP contribution in [0.1, 0.15) is 24.1 Å². The van der Waals surface area contributed by atoms with E-state index in [1.54, 1.807) is 12.0 Å². The lowest BCUT2D eigenvalue weighted by Gasteiger charge is -2.47. The normalized spacial score (nSPS) is 17.5. The Morgan fingerprint density at radius 2 is 1.78 bits per heavy atom. The van der Waals surface area contributed by atoms with E-state index in [1.807, 2.05) is 72.8 Å². The van der Waals surface area contributed by atoms with Gasteiger partial charge in [0.1, 0.15) is 17.5 Å². The fourth-order valence-corrected chi connectivity index (χ4v) is 4.18. The highest BCUT2D eigenvalue weighted by molar-refractivity contribution is 9.10. The number of ether oxygens (including phenoxy) is 2. The molecule has 1 aliphatic rings. The number of hydrogen-bond acceptors (Lipinski definition) is 4. The van der Waals surface area contributed by atoms with Crippen LogP contribution in [0.25, 0.3) is 0 Å². The van der Waals surface area contributed by atoms with Crippen molar-refractivity contribution in [1.82, 2.24) is 4.90 Å². The Morgan fingerprint density at radius 1 is 1.03 bits per heavy atom. The summed E-state index contributed by atoms with van der Waals surface area (Å²) in [6.45, 7) is 1.87. The molecule has 164 valence electrons. The number of hydrogen-bond donors (Lipinski definition) is 1.